The number of aliphatic hydroxyl groups is 1. The van der Waals surface area contributed by atoms with Gasteiger partial charge in [0.05, 0.1) is 20.3 Å². The smallest absolute Gasteiger partial charge is 0.319 e. The molecule has 3 N–H and O–H groups in total. The van der Waals surface area contributed by atoms with Crippen LogP contribution in [0.15, 0.2) is 24.3 Å². The Balaban J connectivity index is 1.35. The lowest BCUT2D eigenvalue weighted by atomic mass is 9.94. The molecule has 2 aromatic carbocycles. The van der Waals surface area contributed by atoms with E-state index in [-0.39, 0.29) is 52.5 Å². The number of phenolic OH excluding ortho intramolecular Hbond substituents is 1. The van der Waals surface area contributed by atoms with E-state index in [1.165, 1.54) is 25.3 Å². The number of anilines is 1. The number of rotatable bonds is 10. The van der Waals surface area contributed by atoms with Gasteiger partial charge in [0.25, 0.3) is 0 Å². The number of methoxy groups -OCH3 is 1. The zero-order valence-corrected chi connectivity index (χ0v) is 26.3. The van der Waals surface area contributed by atoms with Gasteiger partial charge < -0.3 is 29.9 Å². The molecule has 10 nitrogen and oxygen atoms in total. The van der Waals surface area contributed by atoms with Crippen molar-refractivity contribution in [1.29, 1.82) is 0 Å². The number of hydrogen-bond donors (Lipinski definition) is 3. The van der Waals surface area contributed by atoms with Gasteiger partial charge in [-0.1, -0.05) is 13.0 Å². The molecule has 0 bridgehead atoms. The number of hydrogen-bond acceptors (Lipinski definition) is 10. The number of aryl methyl sites for hydroxylation is 1. The summed E-state index contributed by atoms with van der Waals surface area (Å²) in [5, 5.41) is 25.2. The van der Waals surface area contributed by atoms with Crippen LogP contribution in [0.5, 0.6) is 17.6 Å². The van der Waals surface area contributed by atoms with Crippen LogP contribution in [0.3, 0.4) is 0 Å². The summed E-state index contributed by atoms with van der Waals surface area (Å²) in [7, 11) is 1.46. The minimum atomic E-state index is -0.735. The average Bonchev–Trinajstić information content (AvgIpc) is 3.70. The minimum absolute atomic E-state index is 0.0175. The van der Waals surface area contributed by atoms with E-state index in [1.54, 1.807) is 6.07 Å². The first-order valence-electron chi connectivity index (χ1n) is 16.2. The fourth-order valence-corrected chi connectivity index (χ4v) is 7.12. The van der Waals surface area contributed by atoms with Crippen molar-refractivity contribution < 1.29 is 28.5 Å². The molecule has 7 rings (SSSR count). The average molecular weight is 635 g/mol. The number of halogens is 2. The number of fused-ring (bicyclic) bond motifs is 2. The summed E-state index contributed by atoms with van der Waals surface area (Å²) in [6, 6.07) is 6.10. The van der Waals surface area contributed by atoms with Crippen molar-refractivity contribution in [2.45, 2.75) is 45.1 Å². The van der Waals surface area contributed by atoms with Crippen LogP contribution in [-0.2, 0) is 6.42 Å². The molecule has 1 atom stereocenters. The maximum atomic E-state index is 16.9. The number of aromatic nitrogens is 3. The number of nitrogens with one attached hydrogen (secondary N) is 1. The summed E-state index contributed by atoms with van der Waals surface area (Å²) in [5.74, 6) is -0.646. The van der Waals surface area contributed by atoms with Crippen molar-refractivity contribution in [2.24, 2.45) is 5.41 Å². The lowest BCUT2D eigenvalue weighted by molar-refractivity contribution is 0.113. The maximum Gasteiger partial charge on any atom is 0.319 e. The van der Waals surface area contributed by atoms with Crippen LogP contribution in [0.4, 0.5) is 14.6 Å². The van der Waals surface area contributed by atoms with Gasteiger partial charge in [0.1, 0.15) is 34.0 Å². The van der Waals surface area contributed by atoms with E-state index in [2.05, 4.69) is 20.2 Å². The molecule has 1 aliphatic carbocycles. The van der Waals surface area contributed by atoms with Gasteiger partial charge >= 0.3 is 6.01 Å². The molecule has 4 aromatic rings. The largest absolute Gasteiger partial charge is 0.508 e. The van der Waals surface area contributed by atoms with E-state index in [0.717, 1.165) is 51.9 Å². The summed E-state index contributed by atoms with van der Waals surface area (Å²) in [6.45, 7) is 6.86. The van der Waals surface area contributed by atoms with Crippen molar-refractivity contribution in [2.75, 3.05) is 64.5 Å². The quantitative estimate of drug-likeness (QED) is 0.232. The Kier molecular flexibility index (Phi) is 8.28. The molecule has 1 unspecified atom stereocenters. The third kappa shape index (κ3) is 5.56. The van der Waals surface area contributed by atoms with Gasteiger partial charge in [-0.05, 0) is 73.2 Å². The first-order valence-corrected chi connectivity index (χ1v) is 16.2. The second kappa shape index (κ2) is 12.4. The van der Waals surface area contributed by atoms with Crippen molar-refractivity contribution in [1.82, 2.24) is 25.2 Å². The minimum Gasteiger partial charge on any atom is -0.508 e. The van der Waals surface area contributed by atoms with Crippen LogP contribution in [0, 0.1) is 17.0 Å². The standard InChI is InChI=1S/C34H40F2N6O4/c1-3-23-25(35)7-6-20-15-22(44)16-24(26(20)23)29-28(36)30-27(32(38-29)45-2)31(41-13-10-37-11-14-41)40-33(39-30)46-19-34(8-9-34)18-42-12-4-5-21(42)17-43/h6-7,15-16,21,37,43-44H,3-5,8-14,17-19H2,1-2H3. The molecule has 4 heterocycles. The number of aliphatic hydroxyl groups excluding tert-OH is 1. The van der Waals surface area contributed by atoms with Gasteiger partial charge in [-0.25, -0.2) is 13.8 Å². The predicted octanol–water partition coefficient (Wildman–Crippen LogP) is 4.43. The fraction of sp³-hybridized carbons (Fsp3) is 0.500. The zero-order valence-electron chi connectivity index (χ0n) is 26.3. The molecule has 0 amide bonds. The second-order valence-corrected chi connectivity index (χ2v) is 12.8. The Bertz CT molecular complexity index is 1780. The summed E-state index contributed by atoms with van der Waals surface area (Å²) in [4.78, 5) is 18.4. The first-order chi connectivity index (χ1) is 22.3. The van der Waals surface area contributed by atoms with Crippen LogP contribution in [0.2, 0.25) is 0 Å². The van der Waals surface area contributed by atoms with Crippen molar-refractivity contribution in [3.8, 4) is 28.9 Å². The van der Waals surface area contributed by atoms with E-state index >= 15 is 8.78 Å². The fourth-order valence-electron chi connectivity index (χ4n) is 7.12. The number of pyridine rings is 1. The SMILES string of the molecule is CCc1c(F)ccc2cc(O)cc(-c3nc(OC)c4c(N5CCNCC5)nc(OCC5(CN6CCCC6CO)CC5)nc4c3F)c12. The molecule has 12 heteroatoms. The number of benzene rings is 2. The molecular formula is C34H40F2N6O4. The molecule has 3 aliphatic rings. The van der Waals surface area contributed by atoms with E-state index in [4.69, 9.17) is 14.5 Å². The Morgan fingerprint density at radius 1 is 1.07 bits per heavy atom. The summed E-state index contributed by atoms with van der Waals surface area (Å²) < 4.78 is 44.0. The molecule has 0 spiro atoms. The van der Waals surface area contributed by atoms with E-state index < -0.39 is 11.6 Å². The van der Waals surface area contributed by atoms with Crippen LogP contribution in [0.25, 0.3) is 32.9 Å². The van der Waals surface area contributed by atoms with Crippen LogP contribution in [-0.4, -0.2) is 95.7 Å². The molecule has 3 fully saturated rings. The molecule has 244 valence electrons. The van der Waals surface area contributed by atoms with E-state index in [9.17, 15) is 10.2 Å². The lowest BCUT2D eigenvalue weighted by Crippen LogP contribution is -2.44. The third-order valence-corrected chi connectivity index (χ3v) is 9.80. The Morgan fingerprint density at radius 3 is 2.59 bits per heavy atom. The highest BCUT2D eigenvalue weighted by Crippen LogP contribution is 2.48. The molecule has 46 heavy (non-hydrogen) atoms. The molecule has 0 radical (unpaired) electrons. The molecule has 2 aromatic heterocycles. The molecule has 1 saturated carbocycles. The number of aromatic hydroxyl groups is 1. The van der Waals surface area contributed by atoms with Gasteiger partial charge in [-0.15, -0.1) is 0 Å². The highest BCUT2D eigenvalue weighted by molar-refractivity contribution is 6.03. The number of phenols is 1. The summed E-state index contributed by atoms with van der Waals surface area (Å²) >= 11 is 0. The van der Waals surface area contributed by atoms with Crippen LogP contribution >= 0.6 is 0 Å². The molecule has 2 aliphatic heterocycles. The highest BCUT2D eigenvalue weighted by atomic mass is 19.1. The zero-order chi connectivity index (χ0) is 32.0. The first kappa shape index (κ1) is 30.8. The van der Waals surface area contributed by atoms with Gasteiger partial charge in [0, 0.05) is 49.7 Å². The third-order valence-electron chi connectivity index (χ3n) is 9.80. The maximum absolute atomic E-state index is 16.9. The Labute approximate surface area is 266 Å². The number of nitrogens with zero attached hydrogens (tertiary/aromatic N) is 5. The van der Waals surface area contributed by atoms with Gasteiger partial charge in [-0.3, -0.25) is 4.90 Å². The Morgan fingerprint density at radius 2 is 1.87 bits per heavy atom. The summed E-state index contributed by atoms with van der Waals surface area (Å²) in [5.41, 5.74) is 0.457. The Hall–Kier alpha value is -3.87. The predicted molar refractivity (Wildman–Crippen MR) is 172 cm³/mol. The van der Waals surface area contributed by atoms with Crippen molar-refractivity contribution in [3.05, 3.63) is 41.5 Å². The topological polar surface area (TPSA) is 116 Å². The van der Waals surface area contributed by atoms with Gasteiger partial charge in [-0.2, -0.15) is 9.97 Å². The van der Waals surface area contributed by atoms with Crippen LogP contribution < -0.4 is 19.7 Å². The second-order valence-electron chi connectivity index (χ2n) is 12.8. The number of piperazine rings is 1. The lowest BCUT2D eigenvalue weighted by Gasteiger charge is -2.30. The van der Waals surface area contributed by atoms with Gasteiger partial charge in [0.2, 0.25) is 5.88 Å². The van der Waals surface area contributed by atoms with Gasteiger partial charge in [0.15, 0.2) is 5.82 Å². The number of likely N-dealkylation sites (tertiary alicyclic amines) is 1. The van der Waals surface area contributed by atoms with Crippen LogP contribution in [0.1, 0.15) is 38.2 Å². The highest BCUT2D eigenvalue weighted by Gasteiger charge is 2.46. The normalized spacial score (nSPS) is 19.7. The van der Waals surface area contributed by atoms with E-state index in [1.807, 2.05) is 11.8 Å². The molecule has 2 saturated heterocycles. The van der Waals surface area contributed by atoms with Crippen molar-refractivity contribution >= 4 is 27.5 Å². The summed E-state index contributed by atoms with van der Waals surface area (Å²) in [6.07, 6.45) is 4.42. The van der Waals surface area contributed by atoms with E-state index in [0.29, 0.717) is 53.7 Å². The molecular weight excluding hydrogens is 594 g/mol. The number of ether oxygens (including phenoxy) is 2. The van der Waals surface area contributed by atoms with Crippen molar-refractivity contribution in [3.63, 3.8) is 0 Å². The monoisotopic (exact) mass is 634 g/mol.